The summed E-state index contributed by atoms with van der Waals surface area (Å²) in [6.07, 6.45) is 3.84. The Hall–Kier alpha value is -1.62. The maximum atomic E-state index is 14.0. The van der Waals surface area contributed by atoms with Gasteiger partial charge in [0.25, 0.3) is 0 Å². The second kappa shape index (κ2) is 6.89. The molecule has 0 aliphatic carbocycles. The first-order chi connectivity index (χ1) is 9.99. The van der Waals surface area contributed by atoms with Crippen LogP contribution in [0.5, 0.6) is 5.75 Å². The molecule has 1 saturated heterocycles. The molecule has 1 aromatic carbocycles. The molecule has 0 bridgehead atoms. The van der Waals surface area contributed by atoms with Gasteiger partial charge in [-0.05, 0) is 38.8 Å². The number of aliphatic carboxylic acids is 1. The number of piperidine rings is 1. The number of aromatic hydroxyl groups is 1. The summed E-state index contributed by atoms with van der Waals surface area (Å²) in [6, 6.07) is 4.29. The molecule has 21 heavy (non-hydrogen) atoms. The van der Waals surface area contributed by atoms with Gasteiger partial charge in [0.2, 0.25) is 0 Å². The van der Waals surface area contributed by atoms with E-state index in [1.165, 1.54) is 6.07 Å². The van der Waals surface area contributed by atoms with Crippen molar-refractivity contribution in [2.45, 2.75) is 51.1 Å². The van der Waals surface area contributed by atoms with Gasteiger partial charge in [0, 0.05) is 30.1 Å². The second-order valence-electron chi connectivity index (χ2n) is 5.70. The Morgan fingerprint density at radius 3 is 2.90 bits per heavy atom. The Labute approximate surface area is 124 Å². The Bertz CT molecular complexity index is 506. The number of hydrogen-bond donors (Lipinski definition) is 2. The van der Waals surface area contributed by atoms with E-state index in [9.17, 15) is 14.3 Å². The van der Waals surface area contributed by atoms with Crippen molar-refractivity contribution < 1.29 is 19.4 Å². The van der Waals surface area contributed by atoms with E-state index in [-0.39, 0.29) is 24.3 Å². The highest BCUT2D eigenvalue weighted by Crippen LogP contribution is 2.32. The van der Waals surface area contributed by atoms with Crippen LogP contribution in [-0.4, -0.2) is 33.7 Å². The summed E-state index contributed by atoms with van der Waals surface area (Å²) < 4.78 is 14.0. The van der Waals surface area contributed by atoms with Crippen LogP contribution in [-0.2, 0) is 4.79 Å². The van der Waals surface area contributed by atoms with Crippen molar-refractivity contribution in [1.29, 1.82) is 0 Å². The largest absolute Gasteiger partial charge is 0.508 e. The van der Waals surface area contributed by atoms with Crippen LogP contribution in [0, 0.1) is 5.82 Å². The number of likely N-dealkylation sites (tertiary alicyclic amines) is 1. The lowest BCUT2D eigenvalue weighted by molar-refractivity contribution is -0.137. The molecule has 0 aromatic heterocycles. The molecule has 2 unspecified atom stereocenters. The number of nitrogens with zero attached hydrogens (tertiary/aromatic N) is 1. The second-order valence-corrected chi connectivity index (χ2v) is 5.70. The lowest BCUT2D eigenvalue weighted by Crippen LogP contribution is -2.41. The van der Waals surface area contributed by atoms with Crippen LogP contribution in [0.4, 0.5) is 4.39 Å². The van der Waals surface area contributed by atoms with Gasteiger partial charge in [-0.2, -0.15) is 0 Å². The van der Waals surface area contributed by atoms with Crippen LogP contribution >= 0.6 is 0 Å². The number of carboxylic acid groups (broad SMARTS) is 1. The molecule has 116 valence electrons. The van der Waals surface area contributed by atoms with Crippen LogP contribution in [0.15, 0.2) is 18.2 Å². The third-order valence-corrected chi connectivity index (χ3v) is 4.30. The highest BCUT2D eigenvalue weighted by atomic mass is 19.1. The van der Waals surface area contributed by atoms with Gasteiger partial charge < -0.3 is 10.2 Å². The zero-order chi connectivity index (χ0) is 15.4. The lowest BCUT2D eigenvalue weighted by Gasteiger charge is -2.40. The molecule has 2 rings (SSSR count). The topological polar surface area (TPSA) is 60.8 Å². The molecular weight excluding hydrogens is 273 g/mol. The van der Waals surface area contributed by atoms with E-state index >= 15 is 0 Å². The fourth-order valence-corrected chi connectivity index (χ4v) is 3.17. The summed E-state index contributed by atoms with van der Waals surface area (Å²) in [5.74, 6) is -1.28. The maximum Gasteiger partial charge on any atom is 0.303 e. The van der Waals surface area contributed by atoms with Crippen molar-refractivity contribution in [1.82, 2.24) is 4.90 Å². The van der Waals surface area contributed by atoms with Crippen LogP contribution < -0.4 is 0 Å². The van der Waals surface area contributed by atoms with Crippen molar-refractivity contribution >= 4 is 5.97 Å². The van der Waals surface area contributed by atoms with Gasteiger partial charge in [0.15, 0.2) is 0 Å². The van der Waals surface area contributed by atoms with E-state index in [2.05, 4.69) is 4.90 Å². The summed E-state index contributed by atoms with van der Waals surface area (Å²) in [5, 5.41) is 18.2. The van der Waals surface area contributed by atoms with Crippen LogP contribution in [0.25, 0.3) is 0 Å². The lowest BCUT2D eigenvalue weighted by atomic mass is 9.94. The number of halogens is 1. The zero-order valence-corrected chi connectivity index (χ0v) is 12.3. The smallest absolute Gasteiger partial charge is 0.303 e. The van der Waals surface area contributed by atoms with E-state index < -0.39 is 11.8 Å². The third kappa shape index (κ3) is 3.94. The number of carboxylic acids is 1. The number of hydrogen-bond acceptors (Lipinski definition) is 3. The zero-order valence-electron chi connectivity index (χ0n) is 12.3. The van der Waals surface area contributed by atoms with E-state index in [4.69, 9.17) is 5.11 Å². The highest BCUT2D eigenvalue weighted by molar-refractivity contribution is 5.66. The average molecular weight is 295 g/mol. The molecule has 0 spiro atoms. The Balaban J connectivity index is 2.13. The standard InChI is InChI=1S/C16H22FNO3/c1-11(14-7-6-13(19)10-15(14)17)18-9-3-2-4-12(18)5-8-16(20)21/h6-7,10-12,19H,2-5,8-9H2,1H3,(H,20,21). The van der Waals surface area contributed by atoms with Crippen molar-refractivity contribution in [2.75, 3.05) is 6.54 Å². The van der Waals surface area contributed by atoms with Gasteiger partial charge in [-0.15, -0.1) is 0 Å². The SMILES string of the molecule is CC(c1ccc(O)cc1F)N1CCCCC1CCC(=O)O. The van der Waals surface area contributed by atoms with Gasteiger partial charge in [-0.3, -0.25) is 9.69 Å². The number of phenolic OH excluding ortho intramolecular Hbond substituents is 1. The predicted molar refractivity (Wildman–Crippen MR) is 77.7 cm³/mol. The first-order valence-corrected chi connectivity index (χ1v) is 7.45. The van der Waals surface area contributed by atoms with Crippen molar-refractivity contribution in [2.24, 2.45) is 0 Å². The number of phenols is 1. The van der Waals surface area contributed by atoms with Crippen molar-refractivity contribution in [3.05, 3.63) is 29.6 Å². The summed E-state index contributed by atoms with van der Waals surface area (Å²) in [4.78, 5) is 13.0. The van der Waals surface area contributed by atoms with Gasteiger partial charge in [-0.25, -0.2) is 4.39 Å². The molecule has 4 nitrogen and oxygen atoms in total. The molecule has 0 radical (unpaired) electrons. The van der Waals surface area contributed by atoms with E-state index in [1.54, 1.807) is 6.07 Å². The molecule has 2 atom stereocenters. The molecule has 5 heteroatoms. The number of benzene rings is 1. The van der Waals surface area contributed by atoms with Crippen molar-refractivity contribution in [3.63, 3.8) is 0 Å². The fourth-order valence-electron chi connectivity index (χ4n) is 3.17. The molecule has 1 heterocycles. The Morgan fingerprint density at radius 2 is 2.24 bits per heavy atom. The number of rotatable bonds is 5. The summed E-state index contributed by atoms with van der Waals surface area (Å²) in [6.45, 7) is 2.79. The van der Waals surface area contributed by atoms with E-state index in [1.807, 2.05) is 6.92 Å². The fraction of sp³-hybridized carbons (Fsp3) is 0.562. The minimum atomic E-state index is -0.788. The molecule has 2 N–H and O–H groups in total. The molecule has 1 aliphatic heterocycles. The van der Waals surface area contributed by atoms with Crippen LogP contribution in [0.2, 0.25) is 0 Å². The van der Waals surface area contributed by atoms with Crippen LogP contribution in [0.3, 0.4) is 0 Å². The Morgan fingerprint density at radius 1 is 1.48 bits per heavy atom. The van der Waals surface area contributed by atoms with Gasteiger partial charge in [0.1, 0.15) is 11.6 Å². The quantitative estimate of drug-likeness (QED) is 0.875. The molecule has 0 saturated carbocycles. The minimum absolute atomic E-state index is 0.0791. The molecular formula is C16H22FNO3. The molecule has 1 aromatic rings. The minimum Gasteiger partial charge on any atom is -0.508 e. The number of carbonyl (C=O) groups is 1. The summed E-state index contributed by atoms with van der Waals surface area (Å²) in [5.41, 5.74) is 0.551. The monoisotopic (exact) mass is 295 g/mol. The normalized spacial score (nSPS) is 21.1. The molecule has 1 fully saturated rings. The van der Waals surface area contributed by atoms with E-state index in [0.717, 1.165) is 31.9 Å². The van der Waals surface area contributed by atoms with Gasteiger partial charge in [0.05, 0.1) is 0 Å². The van der Waals surface area contributed by atoms with E-state index in [0.29, 0.717) is 12.0 Å². The molecule has 0 amide bonds. The predicted octanol–water partition coefficient (Wildman–Crippen LogP) is 3.31. The summed E-state index contributed by atoms with van der Waals surface area (Å²) >= 11 is 0. The first-order valence-electron chi connectivity index (χ1n) is 7.45. The average Bonchev–Trinajstić information content (AvgIpc) is 2.45. The van der Waals surface area contributed by atoms with Gasteiger partial charge in [-0.1, -0.05) is 12.5 Å². The Kier molecular flexibility index (Phi) is 5.17. The summed E-state index contributed by atoms with van der Waals surface area (Å²) in [7, 11) is 0. The van der Waals surface area contributed by atoms with Gasteiger partial charge >= 0.3 is 5.97 Å². The third-order valence-electron chi connectivity index (χ3n) is 4.30. The van der Waals surface area contributed by atoms with Crippen LogP contribution in [0.1, 0.15) is 50.6 Å². The molecule has 1 aliphatic rings. The van der Waals surface area contributed by atoms with Crippen molar-refractivity contribution in [3.8, 4) is 5.75 Å². The highest BCUT2D eigenvalue weighted by Gasteiger charge is 2.28. The maximum absolute atomic E-state index is 14.0. The first kappa shape index (κ1) is 15.8.